The second kappa shape index (κ2) is 6.97. The van der Waals surface area contributed by atoms with E-state index >= 15 is 0 Å². The molecule has 0 spiro atoms. The summed E-state index contributed by atoms with van der Waals surface area (Å²) in [6, 6.07) is 9.71. The zero-order valence-electron chi connectivity index (χ0n) is 15.8. The van der Waals surface area contributed by atoms with E-state index in [0.717, 1.165) is 24.3 Å². The molecule has 1 fully saturated rings. The van der Waals surface area contributed by atoms with Crippen LogP contribution in [-0.2, 0) is 4.74 Å². The number of H-pyrrole nitrogens is 1. The molecule has 0 unspecified atom stereocenters. The third kappa shape index (κ3) is 3.05. The normalized spacial score (nSPS) is 15.8. The number of hydrogen-bond donors (Lipinski definition) is 2. The van der Waals surface area contributed by atoms with Gasteiger partial charge in [-0.3, -0.25) is 5.10 Å². The summed E-state index contributed by atoms with van der Waals surface area (Å²) in [5.74, 6) is -1.23. The van der Waals surface area contributed by atoms with Gasteiger partial charge in [0.2, 0.25) is 0 Å². The SMILES string of the molecule is Cc1n[nH]c2c1N=C(c1c(F)cccc1F)Nc1ccc(N3CCOCC3)cc1-2. The maximum absolute atomic E-state index is 14.5. The predicted molar refractivity (Wildman–Crippen MR) is 108 cm³/mol. The monoisotopic (exact) mass is 395 g/mol. The van der Waals surface area contributed by atoms with Crippen LogP contribution in [0.5, 0.6) is 0 Å². The van der Waals surface area contributed by atoms with Crippen LogP contribution in [0.15, 0.2) is 41.4 Å². The first-order valence-electron chi connectivity index (χ1n) is 9.44. The number of ether oxygens (including phenoxy) is 1. The van der Waals surface area contributed by atoms with Crippen molar-refractivity contribution in [2.24, 2.45) is 4.99 Å². The third-order valence-corrected chi connectivity index (χ3v) is 5.24. The van der Waals surface area contributed by atoms with Crippen LogP contribution in [0.2, 0.25) is 0 Å². The Morgan fingerprint density at radius 1 is 1.07 bits per heavy atom. The van der Waals surface area contributed by atoms with Crippen molar-refractivity contribution in [2.75, 3.05) is 36.5 Å². The lowest BCUT2D eigenvalue weighted by molar-refractivity contribution is 0.122. The van der Waals surface area contributed by atoms with E-state index in [1.54, 1.807) is 0 Å². The number of nitrogens with one attached hydrogen (secondary N) is 2. The first-order chi connectivity index (χ1) is 14.1. The summed E-state index contributed by atoms with van der Waals surface area (Å²) in [5.41, 5.74) is 4.34. The molecule has 0 radical (unpaired) electrons. The molecule has 0 bridgehead atoms. The number of hydrogen-bond acceptors (Lipinski definition) is 5. The summed E-state index contributed by atoms with van der Waals surface area (Å²) in [6.07, 6.45) is 0. The fourth-order valence-corrected chi connectivity index (χ4v) is 3.73. The van der Waals surface area contributed by atoms with E-state index in [-0.39, 0.29) is 11.4 Å². The van der Waals surface area contributed by atoms with Crippen molar-refractivity contribution in [1.82, 2.24) is 10.2 Å². The molecule has 1 aromatic heterocycles. The number of rotatable bonds is 2. The van der Waals surface area contributed by atoms with Crippen LogP contribution in [0.3, 0.4) is 0 Å². The number of halogens is 2. The Morgan fingerprint density at radius 3 is 2.59 bits per heavy atom. The molecule has 29 heavy (non-hydrogen) atoms. The Labute approximate surface area is 166 Å². The first kappa shape index (κ1) is 17.8. The van der Waals surface area contributed by atoms with E-state index in [1.165, 1.54) is 18.2 Å². The highest BCUT2D eigenvalue weighted by Crippen LogP contribution is 2.41. The Bertz CT molecular complexity index is 1100. The van der Waals surface area contributed by atoms with E-state index in [4.69, 9.17) is 4.74 Å². The van der Waals surface area contributed by atoms with Crippen LogP contribution in [0.25, 0.3) is 11.3 Å². The number of morpholine rings is 1. The summed E-state index contributed by atoms with van der Waals surface area (Å²) >= 11 is 0. The van der Waals surface area contributed by atoms with Gasteiger partial charge in [-0.2, -0.15) is 5.10 Å². The van der Waals surface area contributed by atoms with Gasteiger partial charge in [0.1, 0.15) is 23.2 Å². The maximum atomic E-state index is 14.5. The van der Waals surface area contributed by atoms with Crippen molar-refractivity contribution in [3.8, 4) is 11.3 Å². The lowest BCUT2D eigenvalue weighted by Gasteiger charge is -2.29. The van der Waals surface area contributed by atoms with Crippen molar-refractivity contribution < 1.29 is 13.5 Å². The Balaban J connectivity index is 1.66. The quantitative estimate of drug-likeness (QED) is 0.688. The molecule has 5 rings (SSSR count). The average molecular weight is 395 g/mol. The molecule has 0 aliphatic carbocycles. The zero-order chi connectivity index (χ0) is 20.0. The number of aryl methyl sites for hydroxylation is 1. The molecule has 3 heterocycles. The van der Waals surface area contributed by atoms with Gasteiger partial charge in [0.15, 0.2) is 0 Å². The highest BCUT2D eigenvalue weighted by atomic mass is 19.1. The molecule has 148 valence electrons. The van der Waals surface area contributed by atoms with Gasteiger partial charge in [-0.15, -0.1) is 0 Å². The number of nitrogens with zero attached hydrogens (tertiary/aromatic N) is 3. The van der Waals surface area contributed by atoms with E-state index < -0.39 is 11.6 Å². The van der Waals surface area contributed by atoms with Gasteiger partial charge in [0.05, 0.1) is 30.2 Å². The van der Waals surface area contributed by atoms with Gasteiger partial charge >= 0.3 is 0 Å². The molecular weight excluding hydrogens is 376 g/mol. The minimum atomic E-state index is -0.674. The Hall–Kier alpha value is -3.26. The van der Waals surface area contributed by atoms with Crippen LogP contribution < -0.4 is 10.2 Å². The van der Waals surface area contributed by atoms with Crippen LogP contribution in [0.4, 0.5) is 25.8 Å². The minimum absolute atomic E-state index is 0.115. The second-order valence-corrected chi connectivity index (χ2v) is 7.04. The molecule has 8 heteroatoms. The molecular formula is C21H19F2N5O. The maximum Gasteiger partial charge on any atom is 0.144 e. The van der Waals surface area contributed by atoms with Crippen LogP contribution in [0.1, 0.15) is 11.3 Å². The highest BCUT2D eigenvalue weighted by Gasteiger charge is 2.25. The number of fused-ring (bicyclic) bond motifs is 3. The molecule has 6 nitrogen and oxygen atoms in total. The summed E-state index contributed by atoms with van der Waals surface area (Å²) in [7, 11) is 0. The van der Waals surface area contributed by atoms with Crippen LogP contribution >= 0.6 is 0 Å². The molecule has 3 aromatic rings. The molecule has 0 saturated carbocycles. The van der Waals surface area contributed by atoms with Crippen molar-refractivity contribution in [3.05, 3.63) is 59.3 Å². The van der Waals surface area contributed by atoms with Gasteiger partial charge in [-0.05, 0) is 37.3 Å². The fourth-order valence-electron chi connectivity index (χ4n) is 3.73. The molecule has 1 saturated heterocycles. The molecule has 0 atom stereocenters. The van der Waals surface area contributed by atoms with E-state index in [9.17, 15) is 8.78 Å². The number of anilines is 2. The Kier molecular flexibility index (Phi) is 4.28. The number of amidine groups is 1. The Morgan fingerprint density at radius 2 is 1.83 bits per heavy atom. The van der Waals surface area contributed by atoms with Gasteiger partial charge in [-0.25, -0.2) is 13.8 Å². The number of benzene rings is 2. The molecule has 2 aliphatic rings. The lowest BCUT2D eigenvalue weighted by Crippen LogP contribution is -2.36. The molecule has 2 N–H and O–H groups in total. The van der Waals surface area contributed by atoms with Gasteiger partial charge < -0.3 is 15.0 Å². The van der Waals surface area contributed by atoms with Crippen molar-refractivity contribution in [2.45, 2.75) is 6.92 Å². The topological polar surface area (TPSA) is 65.5 Å². The van der Waals surface area contributed by atoms with Crippen LogP contribution in [-0.4, -0.2) is 42.3 Å². The predicted octanol–water partition coefficient (Wildman–Crippen LogP) is 4.00. The summed E-state index contributed by atoms with van der Waals surface area (Å²) in [4.78, 5) is 6.79. The van der Waals surface area contributed by atoms with Gasteiger partial charge in [0.25, 0.3) is 0 Å². The number of aliphatic imine (C=N–C) groups is 1. The van der Waals surface area contributed by atoms with E-state index in [0.29, 0.717) is 36.0 Å². The molecule has 2 aromatic carbocycles. The lowest BCUT2D eigenvalue weighted by atomic mass is 10.1. The smallest absolute Gasteiger partial charge is 0.144 e. The summed E-state index contributed by atoms with van der Waals surface area (Å²) in [5, 5.41) is 10.4. The van der Waals surface area contributed by atoms with E-state index in [1.807, 2.05) is 25.1 Å². The van der Waals surface area contributed by atoms with Gasteiger partial charge in [-0.1, -0.05) is 6.07 Å². The second-order valence-electron chi connectivity index (χ2n) is 7.04. The standard InChI is InChI=1S/C21H19F2N5O/c1-12-19-20(27-26-12)14-11-13(28-7-9-29-10-8-28)5-6-17(14)24-21(25-19)18-15(22)3-2-4-16(18)23/h2-6,11H,7-10H2,1H3,(H,24,25)(H,26,27). The van der Waals surface area contributed by atoms with Crippen molar-refractivity contribution in [1.29, 1.82) is 0 Å². The highest BCUT2D eigenvalue weighted by molar-refractivity contribution is 6.13. The average Bonchev–Trinajstić information content (AvgIpc) is 3.00. The third-order valence-electron chi connectivity index (χ3n) is 5.24. The summed E-state index contributed by atoms with van der Waals surface area (Å²) < 4.78 is 34.3. The molecule has 2 aliphatic heterocycles. The van der Waals surface area contributed by atoms with E-state index in [2.05, 4.69) is 25.4 Å². The first-order valence-corrected chi connectivity index (χ1v) is 9.44. The molecule has 0 amide bonds. The number of aromatic amines is 1. The fraction of sp³-hybridized carbons (Fsp3) is 0.238. The van der Waals surface area contributed by atoms with Crippen molar-refractivity contribution in [3.63, 3.8) is 0 Å². The van der Waals surface area contributed by atoms with Crippen LogP contribution in [0, 0.1) is 18.6 Å². The largest absolute Gasteiger partial charge is 0.378 e. The number of aromatic nitrogens is 2. The minimum Gasteiger partial charge on any atom is -0.378 e. The zero-order valence-corrected chi connectivity index (χ0v) is 15.8. The van der Waals surface area contributed by atoms with Crippen molar-refractivity contribution >= 4 is 22.9 Å². The summed E-state index contributed by atoms with van der Waals surface area (Å²) in [6.45, 7) is 4.80. The van der Waals surface area contributed by atoms with Gasteiger partial charge in [0, 0.05) is 30.0 Å².